The van der Waals surface area contributed by atoms with Gasteiger partial charge in [0.05, 0.1) is 5.52 Å². The largest absolute Gasteiger partial charge is 0.384 e. The van der Waals surface area contributed by atoms with E-state index in [0.29, 0.717) is 5.82 Å². The summed E-state index contributed by atoms with van der Waals surface area (Å²) in [5.74, 6) is 0.545. The number of pyridine rings is 1. The molecule has 0 atom stereocenters. The lowest BCUT2D eigenvalue weighted by Crippen LogP contribution is -1.87. The maximum Gasteiger partial charge on any atom is 0.125 e. The number of H-pyrrole nitrogens is 1. The topological polar surface area (TPSA) is 54.7 Å². The van der Waals surface area contributed by atoms with Crippen LogP contribution in [0.25, 0.3) is 21.8 Å². The van der Waals surface area contributed by atoms with Crippen LogP contribution in [0.3, 0.4) is 0 Å². The third-order valence-electron chi connectivity index (χ3n) is 2.41. The molecule has 3 aromatic rings. The van der Waals surface area contributed by atoms with Crippen LogP contribution in [-0.2, 0) is 0 Å². The van der Waals surface area contributed by atoms with Crippen LogP contribution in [0.2, 0.25) is 0 Å². The number of benzene rings is 1. The van der Waals surface area contributed by atoms with Crippen molar-refractivity contribution in [2.75, 3.05) is 5.73 Å². The number of aromatic amines is 1. The highest BCUT2D eigenvalue weighted by Gasteiger charge is 2.03. The molecule has 0 amide bonds. The molecule has 3 heteroatoms. The molecule has 68 valence electrons. The van der Waals surface area contributed by atoms with Gasteiger partial charge in [-0.15, -0.1) is 0 Å². The van der Waals surface area contributed by atoms with Crippen LogP contribution in [0.4, 0.5) is 5.82 Å². The second kappa shape index (κ2) is 2.48. The van der Waals surface area contributed by atoms with Gasteiger partial charge in [0.15, 0.2) is 0 Å². The Morgan fingerprint density at radius 1 is 1.07 bits per heavy atom. The summed E-state index contributed by atoms with van der Waals surface area (Å²) in [6.07, 6.45) is 1.81. The summed E-state index contributed by atoms with van der Waals surface area (Å²) in [7, 11) is 0. The summed E-state index contributed by atoms with van der Waals surface area (Å²) in [6, 6.07) is 10.0. The molecular formula is C11H9N3. The molecule has 0 spiro atoms. The molecule has 0 unspecified atom stereocenters. The average molecular weight is 183 g/mol. The zero-order valence-corrected chi connectivity index (χ0v) is 7.49. The second-order valence-corrected chi connectivity index (χ2v) is 3.33. The van der Waals surface area contributed by atoms with Crippen LogP contribution in [0, 0.1) is 0 Å². The van der Waals surface area contributed by atoms with E-state index in [1.165, 1.54) is 5.39 Å². The van der Waals surface area contributed by atoms with Gasteiger partial charge in [-0.1, -0.05) is 18.2 Å². The Balaban J connectivity index is 2.57. The molecule has 3 N–H and O–H groups in total. The molecule has 2 aromatic heterocycles. The SMILES string of the molecule is Nc1cc2[nH]c3ccccc3c2cn1. The van der Waals surface area contributed by atoms with Gasteiger partial charge in [0.1, 0.15) is 5.82 Å². The lowest BCUT2D eigenvalue weighted by atomic mass is 10.2. The van der Waals surface area contributed by atoms with Crippen molar-refractivity contribution in [3.05, 3.63) is 36.5 Å². The molecule has 3 rings (SSSR count). The summed E-state index contributed by atoms with van der Waals surface area (Å²) in [4.78, 5) is 7.39. The van der Waals surface area contributed by atoms with E-state index in [0.717, 1.165) is 16.4 Å². The van der Waals surface area contributed by atoms with E-state index in [9.17, 15) is 0 Å². The Bertz CT molecular complexity index is 610. The van der Waals surface area contributed by atoms with Crippen LogP contribution >= 0.6 is 0 Å². The molecule has 1 aromatic carbocycles. The molecule has 0 fully saturated rings. The Labute approximate surface area is 80.6 Å². The number of rotatable bonds is 0. The van der Waals surface area contributed by atoms with E-state index in [-0.39, 0.29) is 0 Å². The predicted molar refractivity (Wildman–Crippen MR) is 58.0 cm³/mol. The fourth-order valence-electron chi connectivity index (χ4n) is 1.76. The maximum absolute atomic E-state index is 5.61. The molecule has 0 saturated carbocycles. The predicted octanol–water partition coefficient (Wildman–Crippen LogP) is 2.30. The number of hydrogen-bond acceptors (Lipinski definition) is 2. The van der Waals surface area contributed by atoms with Crippen molar-refractivity contribution in [1.82, 2.24) is 9.97 Å². The highest BCUT2D eigenvalue weighted by molar-refractivity contribution is 6.07. The third-order valence-corrected chi connectivity index (χ3v) is 2.41. The normalized spacial score (nSPS) is 11.1. The summed E-state index contributed by atoms with van der Waals surface area (Å²) in [5, 5.41) is 2.31. The number of nitrogens with zero attached hydrogens (tertiary/aromatic N) is 1. The fourth-order valence-corrected chi connectivity index (χ4v) is 1.76. The molecule has 0 aliphatic rings. The summed E-state index contributed by atoms with van der Waals surface area (Å²) in [5.41, 5.74) is 7.78. The van der Waals surface area contributed by atoms with Crippen LogP contribution in [0.15, 0.2) is 36.5 Å². The number of nitrogen functional groups attached to an aromatic ring is 1. The average Bonchev–Trinajstić information content (AvgIpc) is 2.54. The van der Waals surface area contributed by atoms with Gasteiger partial charge in [-0.25, -0.2) is 4.98 Å². The van der Waals surface area contributed by atoms with Gasteiger partial charge in [-0.3, -0.25) is 0 Å². The number of nitrogens with two attached hydrogens (primary N) is 1. The van der Waals surface area contributed by atoms with E-state index >= 15 is 0 Å². The first-order valence-electron chi connectivity index (χ1n) is 4.46. The smallest absolute Gasteiger partial charge is 0.125 e. The summed E-state index contributed by atoms with van der Waals surface area (Å²) >= 11 is 0. The monoisotopic (exact) mass is 183 g/mol. The van der Waals surface area contributed by atoms with Crippen molar-refractivity contribution in [2.24, 2.45) is 0 Å². The first-order valence-corrected chi connectivity index (χ1v) is 4.46. The molecular weight excluding hydrogens is 174 g/mol. The molecule has 0 saturated heterocycles. The van der Waals surface area contributed by atoms with Crippen molar-refractivity contribution in [2.45, 2.75) is 0 Å². The Morgan fingerprint density at radius 2 is 1.93 bits per heavy atom. The number of para-hydroxylation sites is 1. The minimum atomic E-state index is 0.545. The lowest BCUT2D eigenvalue weighted by molar-refractivity contribution is 1.37. The first kappa shape index (κ1) is 7.38. The van der Waals surface area contributed by atoms with Crippen molar-refractivity contribution in [1.29, 1.82) is 0 Å². The first-order chi connectivity index (χ1) is 6.84. The number of fused-ring (bicyclic) bond motifs is 3. The van der Waals surface area contributed by atoms with Crippen molar-refractivity contribution < 1.29 is 0 Å². The molecule has 0 bridgehead atoms. The van der Waals surface area contributed by atoms with Crippen molar-refractivity contribution >= 4 is 27.6 Å². The van der Waals surface area contributed by atoms with Gasteiger partial charge >= 0.3 is 0 Å². The van der Waals surface area contributed by atoms with Gasteiger partial charge in [0.25, 0.3) is 0 Å². The van der Waals surface area contributed by atoms with Gasteiger partial charge in [-0.2, -0.15) is 0 Å². The van der Waals surface area contributed by atoms with E-state index in [4.69, 9.17) is 5.73 Å². The zero-order chi connectivity index (χ0) is 9.54. The molecule has 14 heavy (non-hydrogen) atoms. The van der Waals surface area contributed by atoms with Gasteiger partial charge in [-0.05, 0) is 6.07 Å². The van der Waals surface area contributed by atoms with Gasteiger partial charge in [0, 0.05) is 28.6 Å². The minimum Gasteiger partial charge on any atom is -0.384 e. The summed E-state index contributed by atoms with van der Waals surface area (Å²) < 4.78 is 0. The Kier molecular flexibility index (Phi) is 1.31. The van der Waals surface area contributed by atoms with Gasteiger partial charge < -0.3 is 10.7 Å². The van der Waals surface area contributed by atoms with E-state index in [2.05, 4.69) is 16.0 Å². The Hall–Kier alpha value is -2.03. The summed E-state index contributed by atoms with van der Waals surface area (Å²) in [6.45, 7) is 0. The molecule has 0 radical (unpaired) electrons. The number of nitrogens with one attached hydrogen (secondary N) is 1. The second-order valence-electron chi connectivity index (χ2n) is 3.33. The number of hydrogen-bond donors (Lipinski definition) is 2. The highest BCUT2D eigenvalue weighted by atomic mass is 14.8. The third kappa shape index (κ3) is 0.893. The molecule has 0 aliphatic heterocycles. The van der Waals surface area contributed by atoms with Crippen LogP contribution in [0.5, 0.6) is 0 Å². The van der Waals surface area contributed by atoms with Gasteiger partial charge in [0.2, 0.25) is 0 Å². The Morgan fingerprint density at radius 3 is 2.86 bits per heavy atom. The van der Waals surface area contributed by atoms with Crippen molar-refractivity contribution in [3.63, 3.8) is 0 Å². The highest BCUT2D eigenvalue weighted by Crippen LogP contribution is 2.24. The quantitative estimate of drug-likeness (QED) is 0.561. The van der Waals surface area contributed by atoms with Crippen molar-refractivity contribution in [3.8, 4) is 0 Å². The lowest BCUT2D eigenvalue weighted by Gasteiger charge is -1.91. The number of anilines is 1. The van der Waals surface area contributed by atoms with Crippen LogP contribution in [-0.4, -0.2) is 9.97 Å². The van der Waals surface area contributed by atoms with Crippen LogP contribution in [0.1, 0.15) is 0 Å². The minimum absolute atomic E-state index is 0.545. The van der Waals surface area contributed by atoms with E-state index in [1.54, 1.807) is 0 Å². The zero-order valence-electron chi connectivity index (χ0n) is 7.49. The number of aromatic nitrogens is 2. The maximum atomic E-state index is 5.61. The van der Waals surface area contributed by atoms with E-state index in [1.807, 2.05) is 30.5 Å². The molecule has 3 nitrogen and oxygen atoms in total. The van der Waals surface area contributed by atoms with E-state index < -0.39 is 0 Å². The standard InChI is InChI=1S/C11H9N3/c12-11-5-10-8(6-13-11)7-3-1-2-4-9(7)14-10/h1-6,14H,(H2,12,13). The molecule has 0 aliphatic carbocycles. The molecule has 2 heterocycles. The fraction of sp³-hybridized carbons (Fsp3) is 0. The van der Waals surface area contributed by atoms with Crippen LogP contribution < -0.4 is 5.73 Å².